The van der Waals surface area contributed by atoms with Gasteiger partial charge in [0.05, 0.1) is 22.9 Å². The van der Waals surface area contributed by atoms with Crippen LogP contribution in [0.3, 0.4) is 0 Å². The molecule has 1 aromatic carbocycles. The van der Waals surface area contributed by atoms with Crippen molar-refractivity contribution in [3.8, 4) is 0 Å². The Morgan fingerprint density at radius 1 is 1.38 bits per heavy atom. The Labute approximate surface area is 122 Å². The molecule has 2 rings (SSSR count). The maximum atomic E-state index is 11.4. The van der Waals surface area contributed by atoms with Gasteiger partial charge in [-0.15, -0.1) is 0 Å². The second-order valence-electron chi connectivity index (χ2n) is 3.80. The number of aromatic nitrogens is 1. The molecule has 0 spiro atoms. The molecule has 0 bridgehead atoms. The molecule has 0 aliphatic rings. The zero-order valence-corrected chi connectivity index (χ0v) is 12.3. The quantitative estimate of drug-likeness (QED) is 0.491. The summed E-state index contributed by atoms with van der Waals surface area (Å²) in [6, 6.07) is 3.57. The van der Waals surface area contributed by atoms with E-state index in [2.05, 4.69) is 15.0 Å². The molecular formula is C10H10N3O6PS. The van der Waals surface area contributed by atoms with Crippen molar-refractivity contribution in [2.45, 2.75) is 0 Å². The van der Waals surface area contributed by atoms with E-state index in [4.69, 9.17) is 9.79 Å². The third kappa shape index (κ3) is 3.99. The molecule has 0 unspecified atom stereocenters. The lowest BCUT2D eigenvalue weighted by molar-refractivity contribution is 0.0601. The van der Waals surface area contributed by atoms with Gasteiger partial charge < -0.3 is 14.5 Å². The molecule has 4 N–H and O–H groups in total. The monoisotopic (exact) mass is 331 g/mol. The molecule has 2 aromatic rings. The number of thiazole rings is 1. The topological polar surface area (TPSA) is 138 Å². The van der Waals surface area contributed by atoms with Crippen molar-refractivity contribution in [1.82, 2.24) is 10.1 Å². The van der Waals surface area contributed by atoms with Crippen LogP contribution in [0.25, 0.3) is 10.2 Å². The summed E-state index contributed by atoms with van der Waals surface area (Å²) in [6.45, 7) is 0. The molecule has 9 nitrogen and oxygen atoms in total. The number of fused-ring (bicyclic) bond motifs is 1. The van der Waals surface area contributed by atoms with Crippen LogP contribution >= 0.6 is 19.1 Å². The first-order chi connectivity index (χ1) is 9.78. The van der Waals surface area contributed by atoms with Gasteiger partial charge in [0.25, 0.3) is 0 Å². The van der Waals surface area contributed by atoms with E-state index in [0.29, 0.717) is 15.8 Å². The van der Waals surface area contributed by atoms with Crippen molar-refractivity contribution < 1.29 is 28.7 Å². The lowest BCUT2D eigenvalue weighted by Gasteiger charge is -2.05. The highest BCUT2D eigenvalue weighted by molar-refractivity contribution is 7.50. The van der Waals surface area contributed by atoms with Crippen LogP contribution < -0.4 is 10.4 Å². The summed E-state index contributed by atoms with van der Waals surface area (Å²) in [6.07, 6.45) is 0. The van der Waals surface area contributed by atoms with E-state index in [-0.39, 0.29) is 5.13 Å². The first-order valence-electron chi connectivity index (χ1n) is 5.42. The number of methoxy groups -OCH3 is 1. The molecule has 0 saturated heterocycles. The summed E-state index contributed by atoms with van der Waals surface area (Å²) in [5, 5.41) is 3.80. The van der Waals surface area contributed by atoms with Crippen LogP contribution in [0.2, 0.25) is 0 Å². The number of anilines is 1. The second kappa shape index (κ2) is 5.78. The number of hydrogen-bond acceptors (Lipinski definition) is 6. The van der Waals surface area contributed by atoms with Gasteiger partial charge in [0.2, 0.25) is 0 Å². The summed E-state index contributed by atoms with van der Waals surface area (Å²) in [4.78, 5) is 44.0. The van der Waals surface area contributed by atoms with Crippen molar-refractivity contribution in [3.63, 3.8) is 0 Å². The van der Waals surface area contributed by atoms with Gasteiger partial charge in [-0.2, -0.15) is 0 Å². The Morgan fingerprint density at radius 3 is 2.71 bits per heavy atom. The predicted molar refractivity (Wildman–Crippen MR) is 75.2 cm³/mol. The minimum Gasteiger partial charge on any atom is -0.465 e. The van der Waals surface area contributed by atoms with Crippen molar-refractivity contribution in [1.29, 1.82) is 0 Å². The number of amides is 2. The minimum atomic E-state index is -4.66. The SMILES string of the molecule is COC(=O)c1ccc2nc(NC(=O)NP(=O)(O)O)sc2c1. The van der Waals surface area contributed by atoms with Gasteiger partial charge in [-0.25, -0.2) is 24.2 Å². The number of carbonyl (C=O) groups excluding carboxylic acids is 2. The van der Waals surface area contributed by atoms with E-state index in [1.54, 1.807) is 12.1 Å². The fourth-order valence-electron chi connectivity index (χ4n) is 1.48. The van der Waals surface area contributed by atoms with Gasteiger partial charge >= 0.3 is 19.7 Å². The van der Waals surface area contributed by atoms with Gasteiger partial charge in [-0.1, -0.05) is 11.3 Å². The standard InChI is InChI=1S/C10H10N3O6PS/c1-19-8(14)5-2-3-6-7(4-5)21-10(11-6)12-9(15)13-20(16,17)18/h2-4H,1H3,(H4,11,12,13,15,16,17,18). The number of hydrogen-bond donors (Lipinski definition) is 4. The molecule has 0 aliphatic heterocycles. The van der Waals surface area contributed by atoms with Crippen LogP contribution in [-0.2, 0) is 9.30 Å². The summed E-state index contributed by atoms with van der Waals surface area (Å²) >= 11 is 1.05. The summed E-state index contributed by atoms with van der Waals surface area (Å²) in [5.41, 5.74) is 0.860. The molecular weight excluding hydrogens is 321 g/mol. The van der Waals surface area contributed by atoms with Gasteiger partial charge in [-0.05, 0) is 18.2 Å². The van der Waals surface area contributed by atoms with Gasteiger partial charge in [-0.3, -0.25) is 5.32 Å². The highest BCUT2D eigenvalue weighted by Gasteiger charge is 2.18. The van der Waals surface area contributed by atoms with E-state index < -0.39 is 19.7 Å². The van der Waals surface area contributed by atoms with Crippen molar-refractivity contribution in [3.05, 3.63) is 23.8 Å². The van der Waals surface area contributed by atoms with Crippen LogP contribution in [0.15, 0.2) is 18.2 Å². The lowest BCUT2D eigenvalue weighted by Crippen LogP contribution is -2.25. The van der Waals surface area contributed by atoms with Crippen LogP contribution in [0, 0.1) is 0 Å². The maximum absolute atomic E-state index is 11.4. The van der Waals surface area contributed by atoms with Crippen molar-refractivity contribution >= 4 is 46.4 Å². The second-order valence-corrected chi connectivity index (χ2v) is 6.15. The molecule has 0 saturated carbocycles. The molecule has 1 heterocycles. The molecule has 11 heteroatoms. The number of carbonyl (C=O) groups is 2. The third-order valence-electron chi connectivity index (χ3n) is 2.28. The number of ether oxygens (including phenoxy) is 1. The Balaban J connectivity index is 2.21. The molecule has 0 fully saturated rings. The Bertz CT molecular complexity index is 754. The number of urea groups is 1. The Hall–Kier alpha value is -2.00. The van der Waals surface area contributed by atoms with Gasteiger partial charge in [0.1, 0.15) is 0 Å². The summed E-state index contributed by atoms with van der Waals surface area (Å²) < 4.78 is 15.8. The van der Waals surface area contributed by atoms with Crippen molar-refractivity contribution in [2.75, 3.05) is 12.4 Å². The van der Waals surface area contributed by atoms with E-state index in [0.717, 1.165) is 11.3 Å². The first-order valence-corrected chi connectivity index (χ1v) is 7.85. The zero-order chi connectivity index (χ0) is 15.6. The Morgan fingerprint density at radius 2 is 2.10 bits per heavy atom. The van der Waals surface area contributed by atoms with E-state index in [1.807, 2.05) is 0 Å². The molecule has 0 aliphatic carbocycles. The first kappa shape index (κ1) is 15.4. The smallest absolute Gasteiger partial charge is 0.431 e. The number of esters is 1. The number of nitrogens with zero attached hydrogens (tertiary/aromatic N) is 1. The summed E-state index contributed by atoms with van der Waals surface area (Å²) in [7, 11) is -3.40. The number of benzene rings is 1. The third-order valence-corrected chi connectivity index (χ3v) is 3.71. The van der Waals surface area contributed by atoms with Crippen LogP contribution in [0.5, 0.6) is 0 Å². The van der Waals surface area contributed by atoms with Crippen LogP contribution in [0.4, 0.5) is 9.93 Å². The van der Waals surface area contributed by atoms with Gasteiger partial charge in [0.15, 0.2) is 5.13 Å². The molecule has 2 amide bonds. The largest absolute Gasteiger partial charge is 0.465 e. The fraction of sp³-hybridized carbons (Fsp3) is 0.100. The zero-order valence-electron chi connectivity index (χ0n) is 10.6. The molecule has 21 heavy (non-hydrogen) atoms. The highest BCUT2D eigenvalue weighted by atomic mass is 32.1. The highest BCUT2D eigenvalue weighted by Crippen LogP contribution is 2.30. The van der Waals surface area contributed by atoms with E-state index in [9.17, 15) is 14.2 Å². The maximum Gasteiger partial charge on any atom is 0.431 e. The summed E-state index contributed by atoms with van der Waals surface area (Å²) in [5.74, 6) is -0.501. The molecule has 1 aromatic heterocycles. The minimum absolute atomic E-state index is 0.137. The predicted octanol–water partition coefficient (Wildman–Crippen LogP) is 1.30. The number of rotatable bonds is 3. The van der Waals surface area contributed by atoms with Crippen LogP contribution in [-0.4, -0.2) is 33.9 Å². The number of nitrogens with one attached hydrogen (secondary N) is 2. The normalized spacial score (nSPS) is 11.2. The molecule has 112 valence electrons. The average molecular weight is 331 g/mol. The van der Waals surface area contributed by atoms with Gasteiger partial charge in [0, 0.05) is 0 Å². The fourth-order valence-corrected chi connectivity index (χ4v) is 2.70. The van der Waals surface area contributed by atoms with E-state index in [1.165, 1.54) is 18.3 Å². The molecule has 0 atom stereocenters. The van der Waals surface area contributed by atoms with Crippen LogP contribution in [0.1, 0.15) is 10.4 Å². The van der Waals surface area contributed by atoms with Crippen molar-refractivity contribution in [2.24, 2.45) is 0 Å². The Kier molecular flexibility index (Phi) is 4.24. The van der Waals surface area contributed by atoms with E-state index >= 15 is 0 Å². The average Bonchev–Trinajstić information content (AvgIpc) is 2.76. The molecule has 0 radical (unpaired) electrons. The lowest BCUT2D eigenvalue weighted by atomic mass is 10.2.